The zero-order chi connectivity index (χ0) is 17.8. The molecule has 5 heteroatoms. The van der Waals surface area contributed by atoms with Crippen LogP contribution in [-0.2, 0) is 6.54 Å². The molecule has 26 heavy (non-hydrogen) atoms. The van der Waals surface area contributed by atoms with Crippen molar-refractivity contribution in [2.24, 2.45) is 0 Å². The van der Waals surface area contributed by atoms with Crippen LogP contribution in [0.3, 0.4) is 0 Å². The maximum atomic E-state index is 12.4. The zero-order valence-corrected chi connectivity index (χ0v) is 15.5. The van der Waals surface area contributed by atoms with Gasteiger partial charge in [-0.15, -0.1) is 11.3 Å². The van der Waals surface area contributed by atoms with Gasteiger partial charge in [-0.25, -0.2) is 4.79 Å². The van der Waals surface area contributed by atoms with Gasteiger partial charge in [-0.3, -0.25) is 0 Å². The van der Waals surface area contributed by atoms with Gasteiger partial charge in [0, 0.05) is 39.9 Å². The Balaban J connectivity index is 1.27. The molecule has 0 radical (unpaired) electrons. The molecule has 1 aromatic heterocycles. The topological polar surface area (TPSA) is 45.6 Å². The van der Waals surface area contributed by atoms with Crippen molar-refractivity contribution in [3.63, 3.8) is 0 Å². The van der Waals surface area contributed by atoms with E-state index in [0.717, 1.165) is 43.5 Å². The highest BCUT2D eigenvalue weighted by Crippen LogP contribution is 2.29. The summed E-state index contributed by atoms with van der Waals surface area (Å²) in [6.45, 7) is 3.27. The number of piperidine rings is 1. The van der Waals surface area contributed by atoms with Crippen LogP contribution in [0.25, 0.3) is 10.1 Å². The molecule has 3 N–H and O–H groups in total. The SMILES string of the molecule is O=C(Nc1csc2ccccc12)NC1CC[NH+](Cc2ccccc2)CC1. The molecule has 1 fully saturated rings. The van der Waals surface area contributed by atoms with E-state index in [1.807, 2.05) is 23.6 Å². The molecule has 0 bridgehead atoms. The smallest absolute Gasteiger partial charge is 0.319 e. The Kier molecular flexibility index (Phi) is 5.18. The molecule has 134 valence electrons. The maximum Gasteiger partial charge on any atom is 0.319 e. The number of anilines is 1. The molecule has 3 aromatic rings. The Morgan fingerprint density at radius 3 is 2.58 bits per heavy atom. The molecule has 1 saturated heterocycles. The van der Waals surface area contributed by atoms with Gasteiger partial charge < -0.3 is 15.5 Å². The number of hydrogen-bond donors (Lipinski definition) is 3. The van der Waals surface area contributed by atoms with E-state index in [-0.39, 0.29) is 12.1 Å². The van der Waals surface area contributed by atoms with Gasteiger partial charge in [0.25, 0.3) is 0 Å². The van der Waals surface area contributed by atoms with Gasteiger partial charge in [0.05, 0.1) is 18.8 Å². The second-order valence-electron chi connectivity index (χ2n) is 6.93. The summed E-state index contributed by atoms with van der Waals surface area (Å²) < 4.78 is 1.20. The Labute approximate surface area is 157 Å². The van der Waals surface area contributed by atoms with Crippen LogP contribution in [-0.4, -0.2) is 25.2 Å². The number of nitrogens with one attached hydrogen (secondary N) is 3. The summed E-state index contributed by atoms with van der Waals surface area (Å²) in [5.41, 5.74) is 2.28. The highest BCUT2D eigenvalue weighted by molar-refractivity contribution is 7.17. The third kappa shape index (κ3) is 4.06. The fourth-order valence-electron chi connectivity index (χ4n) is 3.65. The lowest BCUT2D eigenvalue weighted by Crippen LogP contribution is -3.12. The van der Waals surface area contributed by atoms with Gasteiger partial charge in [-0.05, 0) is 6.07 Å². The maximum absolute atomic E-state index is 12.4. The average molecular weight is 367 g/mol. The van der Waals surface area contributed by atoms with E-state index >= 15 is 0 Å². The largest absolute Gasteiger partial charge is 0.335 e. The molecule has 0 atom stereocenters. The lowest BCUT2D eigenvalue weighted by atomic mass is 10.0. The van der Waals surface area contributed by atoms with Crippen LogP contribution in [0.15, 0.2) is 60.0 Å². The zero-order valence-electron chi connectivity index (χ0n) is 14.7. The minimum absolute atomic E-state index is 0.0925. The number of amides is 2. The van der Waals surface area contributed by atoms with E-state index in [1.165, 1.54) is 10.3 Å². The van der Waals surface area contributed by atoms with E-state index in [1.54, 1.807) is 16.2 Å². The van der Waals surface area contributed by atoms with Crippen molar-refractivity contribution in [1.82, 2.24) is 5.32 Å². The fourth-order valence-corrected chi connectivity index (χ4v) is 4.54. The number of fused-ring (bicyclic) bond motifs is 1. The summed E-state index contributed by atoms with van der Waals surface area (Å²) in [5, 5.41) is 9.28. The van der Waals surface area contributed by atoms with Crippen LogP contribution in [0, 0.1) is 0 Å². The lowest BCUT2D eigenvalue weighted by Gasteiger charge is -2.29. The van der Waals surface area contributed by atoms with Crippen LogP contribution >= 0.6 is 11.3 Å². The number of carbonyl (C=O) groups is 1. The van der Waals surface area contributed by atoms with Crippen molar-refractivity contribution in [2.75, 3.05) is 18.4 Å². The van der Waals surface area contributed by atoms with Gasteiger partial charge in [0.2, 0.25) is 0 Å². The van der Waals surface area contributed by atoms with Crippen LogP contribution in [0.2, 0.25) is 0 Å². The molecular formula is C21H24N3OS+. The first-order valence-electron chi connectivity index (χ1n) is 9.19. The van der Waals surface area contributed by atoms with Crippen LogP contribution < -0.4 is 15.5 Å². The molecule has 1 aliphatic rings. The van der Waals surface area contributed by atoms with Crippen LogP contribution in [0.1, 0.15) is 18.4 Å². The summed E-state index contributed by atoms with van der Waals surface area (Å²) in [4.78, 5) is 14.0. The third-order valence-corrected chi connectivity index (χ3v) is 6.02. The standard InChI is InChI=1S/C21H23N3OS/c25-21(23-19-15-26-20-9-5-4-8-18(19)20)22-17-10-12-24(13-11-17)14-16-6-2-1-3-7-16/h1-9,15,17H,10-14H2,(H2,22,23,25)/p+1. The van der Waals surface area contributed by atoms with Crippen molar-refractivity contribution < 1.29 is 9.69 Å². The van der Waals surface area contributed by atoms with Crippen molar-refractivity contribution in [2.45, 2.75) is 25.4 Å². The summed E-state index contributed by atoms with van der Waals surface area (Å²) in [5.74, 6) is 0. The number of quaternary nitrogens is 1. The minimum atomic E-state index is -0.0925. The molecule has 0 saturated carbocycles. The first-order chi connectivity index (χ1) is 12.8. The number of benzene rings is 2. The summed E-state index contributed by atoms with van der Waals surface area (Å²) in [7, 11) is 0. The van der Waals surface area contributed by atoms with Gasteiger partial charge in [0.1, 0.15) is 6.54 Å². The summed E-state index contributed by atoms with van der Waals surface area (Å²) in [6, 6.07) is 19.0. The third-order valence-electron chi connectivity index (χ3n) is 5.05. The van der Waals surface area contributed by atoms with Gasteiger partial charge in [-0.1, -0.05) is 48.5 Å². The normalized spacial score (nSPS) is 20.0. The van der Waals surface area contributed by atoms with Crippen LogP contribution in [0.5, 0.6) is 0 Å². The number of thiophene rings is 1. The molecule has 0 unspecified atom stereocenters. The molecule has 1 aliphatic heterocycles. The molecule has 4 nitrogen and oxygen atoms in total. The molecule has 2 aromatic carbocycles. The second-order valence-corrected chi connectivity index (χ2v) is 7.84. The van der Waals surface area contributed by atoms with E-state index in [9.17, 15) is 4.79 Å². The molecule has 0 spiro atoms. The predicted molar refractivity (Wildman–Crippen MR) is 108 cm³/mol. The van der Waals surface area contributed by atoms with Gasteiger partial charge >= 0.3 is 6.03 Å². The predicted octanol–water partition coefficient (Wildman–Crippen LogP) is 3.27. The second kappa shape index (κ2) is 7.89. The number of carbonyl (C=O) groups excluding carboxylic acids is 1. The fraction of sp³-hybridized carbons (Fsp3) is 0.286. The van der Waals surface area contributed by atoms with Crippen molar-refractivity contribution in [3.05, 3.63) is 65.5 Å². The lowest BCUT2D eigenvalue weighted by molar-refractivity contribution is -0.918. The first kappa shape index (κ1) is 17.1. The Bertz CT molecular complexity index is 869. The minimum Gasteiger partial charge on any atom is -0.335 e. The van der Waals surface area contributed by atoms with Gasteiger partial charge in [0.15, 0.2) is 0 Å². The Morgan fingerprint density at radius 2 is 1.77 bits per heavy atom. The van der Waals surface area contributed by atoms with Crippen molar-refractivity contribution in [3.8, 4) is 0 Å². The summed E-state index contributed by atoms with van der Waals surface area (Å²) in [6.07, 6.45) is 2.06. The van der Waals surface area contributed by atoms with E-state index in [2.05, 4.69) is 47.0 Å². The van der Waals surface area contributed by atoms with Crippen molar-refractivity contribution in [1.29, 1.82) is 0 Å². The van der Waals surface area contributed by atoms with E-state index < -0.39 is 0 Å². The summed E-state index contributed by atoms with van der Waals surface area (Å²) >= 11 is 1.66. The molecular weight excluding hydrogens is 342 g/mol. The molecule has 4 rings (SSSR count). The van der Waals surface area contributed by atoms with Crippen LogP contribution in [0.4, 0.5) is 10.5 Å². The molecule has 0 aliphatic carbocycles. The molecule has 2 amide bonds. The quantitative estimate of drug-likeness (QED) is 0.652. The number of rotatable bonds is 4. The Hall–Kier alpha value is -2.37. The van der Waals surface area contributed by atoms with E-state index in [0.29, 0.717) is 0 Å². The number of urea groups is 1. The monoisotopic (exact) mass is 366 g/mol. The van der Waals surface area contributed by atoms with E-state index in [4.69, 9.17) is 0 Å². The van der Waals surface area contributed by atoms with Gasteiger partial charge in [-0.2, -0.15) is 0 Å². The highest BCUT2D eigenvalue weighted by Gasteiger charge is 2.23. The number of likely N-dealkylation sites (tertiary alicyclic amines) is 1. The molecule has 2 heterocycles. The highest BCUT2D eigenvalue weighted by atomic mass is 32.1. The number of hydrogen-bond acceptors (Lipinski definition) is 2. The Morgan fingerprint density at radius 1 is 1.04 bits per heavy atom. The average Bonchev–Trinajstić information content (AvgIpc) is 3.07. The first-order valence-corrected chi connectivity index (χ1v) is 10.1. The van der Waals surface area contributed by atoms with Crippen molar-refractivity contribution >= 4 is 33.1 Å².